The van der Waals surface area contributed by atoms with Crippen LogP contribution in [0.1, 0.15) is 43.0 Å². The third kappa shape index (κ3) is 5.58. The van der Waals surface area contributed by atoms with E-state index in [1.54, 1.807) is 20.8 Å². The molecule has 0 spiro atoms. The average Bonchev–Trinajstić information content (AvgIpc) is 2.29. The normalized spacial score (nSPS) is 12.7. The predicted molar refractivity (Wildman–Crippen MR) is 83.6 cm³/mol. The van der Waals surface area contributed by atoms with Gasteiger partial charge in [-0.15, -0.1) is 0 Å². The highest BCUT2D eigenvalue weighted by atomic mass is 16.6. The Morgan fingerprint density at radius 1 is 1.24 bits per heavy atom. The molecular formula is C17H25NO3. The van der Waals surface area contributed by atoms with Gasteiger partial charge < -0.3 is 14.8 Å². The highest BCUT2D eigenvalue weighted by Crippen LogP contribution is 2.18. The zero-order valence-electron chi connectivity index (χ0n) is 13.7. The van der Waals surface area contributed by atoms with Crippen molar-refractivity contribution >= 4 is 12.4 Å². The SMILES string of the molecule is Cc1cc(C)c(CC(C=O)NC(=O)OC(C)(C)C)c(C)c1. The van der Waals surface area contributed by atoms with E-state index in [0.29, 0.717) is 6.42 Å². The van der Waals surface area contributed by atoms with Gasteiger partial charge in [-0.25, -0.2) is 4.79 Å². The number of carbonyl (C=O) groups excluding carboxylic acids is 2. The Labute approximate surface area is 126 Å². The minimum atomic E-state index is -0.583. The third-order valence-electron chi connectivity index (χ3n) is 3.13. The maximum absolute atomic E-state index is 11.7. The first-order chi connectivity index (χ1) is 9.62. The van der Waals surface area contributed by atoms with E-state index in [2.05, 4.69) is 17.4 Å². The minimum absolute atomic E-state index is 0.473. The number of amides is 1. The summed E-state index contributed by atoms with van der Waals surface area (Å²) in [5, 5.41) is 2.61. The first-order valence-corrected chi connectivity index (χ1v) is 7.14. The largest absolute Gasteiger partial charge is 0.444 e. The summed E-state index contributed by atoms with van der Waals surface area (Å²) < 4.78 is 5.18. The lowest BCUT2D eigenvalue weighted by Gasteiger charge is -2.22. The maximum Gasteiger partial charge on any atom is 0.408 e. The van der Waals surface area contributed by atoms with E-state index in [9.17, 15) is 9.59 Å². The van der Waals surface area contributed by atoms with Crippen LogP contribution in [0.25, 0.3) is 0 Å². The number of alkyl carbamates (subject to hydrolysis) is 1. The molecule has 0 aromatic heterocycles. The molecule has 0 saturated heterocycles. The van der Waals surface area contributed by atoms with Crippen molar-refractivity contribution < 1.29 is 14.3 Å². The molecule has 4 nitrogen and oxygen atoms in total. The summed E-state index contributed by atoms with van der Waals surface area (Å²) >= 11 is 0. The molecule has 0 heterocycles. The number of aldehydes is 1. The fourth-order valence-corrected chi connectivity index (χ4v) is 2.34. The van der Waals surface area contributed by atoms with Gasteiger partial charge in [0.15, 0.2) is 0 Å². The number of carbonyl (C=O) groups is 2. The summed E-state index contributed by atoms with van der Waals surface area (Å²) in [6.07, 6.45) is 0.658. The topological polar surface area (TPSA) is 55.4 Å². The van der Waals surface area contributed by atoms with Crippen molar-refractivity contribution in [3.63, 3.8) is 0 Å². The average molecular weight is 291 g/mol. The van der Waals surface area contributed by atoms with Crippen LogP contribution in [0, 0.1) is 20.8 Å². The van der Waals surface area contributed by atoms with E-state index in [1.165, 1.54) is 5.56 Å². The first kappa shape index (κ1) is 17.2. The second-order valence-corrected chi connectivity index (χ2v) is 6.47. The summed E-state index contributed by atoms with van der Waals surface area (Å²) in [4.78, 5) is 23.0. The number of hydrogen-bond donors (Lipinski definition) is 1. The van der Waals surface area contributed by atoms with Crippen LogP contribution in [0.2, 0.25) is 0 Å². The molecule has 0 bridgehead atoms. The van der Waals surface area contributed by atoms with E-state index in [4.69, 9.17) is 4.74 Å². The van der Waals surface area contributed by atoms with E-state index < -0.39 is 17.7 Å². The molecule has 0 fully saturated rings. The monoisotopic (exact) mass is 291 g/mol. The third-order valence-corrected chi connectivity index (χ3v) is 3.13. The van der Waals surface area contributed by atoms with Crippen molar-refractivity contribution in [2.24, 2.45) is 0 Å². The molecule has 1 aromatic rings. The van der Waals surface area contributed by atoms with E-state index in [1.807, 2.05) is 20.8 Å². The van der Waals surface area contributed by atoms with Crippen LogP contribution < -0.4 is 5.32 Å². The highest BCUT2D eigenvalue weighted by Gasteiger charge is 2.20. The summed E-state index contributed by atoms with van der Waals surface area (Å²) in [5.74, 6) is 0. The molecule has 0 aliphatic carbocycles. The van der Waals surface area contributed by atoms with Crippen LogP contribution in [-0.2, 0) is 16.0 Å². The van der Waals surface area contributed by atoms with Crippen molar-refractivity contribution in [3.05, 3.63) is 34.4 Å². The van der Waals surface area contributed by atoms with Crippen molar-refractivity contribution in [1.82, 2.24) is 5.32 Å². The number of aryl methyl sites for hydroxylation is 3. The smallest absolute Gasteiger partial charge is 0.408 e. The van der Waals surface area contributed by atoms with E-state index in [0.717, 1.165) is 23.0 Å². The first-order valence-electron chi connectivity index (χ1n) is 7.14. The molecule has 4 heteroatoms. The van der Waals surface area contributed by atoms with Crippen molar-refractivity contribution in [2.45, 2.75) is 59.6 Å². The summed E-state index contributed by atoms with van der Waals surface area (Å²) in [6.45, 7) is 11.4. The molecule has 1 atom stereocenters. The molecule has 1 unspecified atom stereocenters. The van der Waals surface area contributed by atoms with Crippen LogP contribution in [-0.4, -0.2) is 24.0 Å². The molecule has 21 heavy (non-hydrogen) atoms. The van der Waals surface area contributed by atoms with Gasteiger partial charge in [0.2, 0.25) is 0 Å². The number of ether oxygens (including phenoxy) is 1. The quantitative estimate of drug-likeness (QED) is 0.866. The number of nitrogens with one attached hydrogen (secondary N) is 1. The Morgan fingerprint density at radius 2 is 1.76 bits per heavy atom. The lowest BCUT2D eigenvalue weighted by atomic mass is 9.95. The Hall–Kier alpha value is -1.84. The van der Waals surface area contributed by atoms with Crippen molar-refractivity contribution in [1.29, 1.82) is 0 Å². The van der Waals surface area contributed by atoms with Gasteiger partial charge in [0, 0.05) is 6.42 Å². The molecule has 1 aromatic carbocycles. The fraction of sp³-hybridized carbons (Fsp3) is 0.529. The summed E-state index contributed by atoms with van der Waals surface area (Å²) in [5.41, 5.74) is 3.97. The lowest BCUT2D eigenvalue weighted by molar-refractivity contribution is -0.109. The van der Waals surface area contributed by atoms with Gasteiger partial charge in [-0.2, -0.15) is 0 Å². The van der Waals surface area contributed by atoms with Crippen molar-refractivity contribution in [3.8, 4) is 0 Å². The van der Waals surface area contributed by atoms with E-state index in [-0.39, 0.29) is 0 Å². The molecule has 0 radical (unpaired) electrons. The number of hydrogen-bond acceptors (Lipinski definition) is 3. The van der Waals surface area contributed by atoms with Crippen molar-refractivity contribution in [2.75, 3.05) is 0 Å². The molecular weight excluding hydrogens is 266 g/mol. The molecule has 0 aliphatic rings. The highest BCUT2D eigenvalue weighted by molar-refractivity contribution is 5.73. The molecule has 116 valence electrons. The van der Waals surface area contributed by atoms with Gasteiger partial charge in [0.1, 0.15) is 11.9 Å². The summed E-state index contributed by atoms with van der Waals surface area (Å²) in [6, 6.07) is 3.58. The second-order valence-electron chi connectivity index (χ2n) is 6.47. The Kier molecular flexibility index (Phi) is 5.53. The summed E-state index contributed by atoms with van der Waals surface area (Å²) in [7, 11) is 0. The van der Waals surface area contributed by atoms with E-state index >= 15 is 0 Å². The second kappa shape index (κ2) is 6.74. The van der Waals surface area contributed by atoms with Gasteiger partial charge in [-0.1, -0.05) is 17.7 Å². The zero-order chi connectivity index (χ0) is 16.2. The molecule has 1 amide bonds. The maximum atomic E-state index is 11.7. The molecule has 1 rings (SSSR count). The molecule has 0 aliphatic heterocycles. The Balaban J connectivity index is 2.80. The lowest BCUT2D eigenvalue weighted by Crippen LogP contribution is -2.41. The van der Waals surface area contributed by atoms with Crippen LogP contribution in [0.4, 0.5) is 4.79 Å². The van der Waals surface area contributed by atoms with Crippen LogP contribution in [0.15, 0.2) is 12.1 Å². The Morgan fingerprint density at radius 3 is 2.19 bits per heavy atom. The van der Waals surface area contributed by atoms with Crippen LogP contribution in [0.5, 0.6) is 0 Å². The Bertz CT molecular complexity index is 506. The van der Waals surface area contributed by atoms with Gasteiger partial charge >= 0.3 is 6.09 Å². The number of rotatable bonds is 4. The van der Waals surface area contributed by atoms with Gasteiger partial charge in [-0.3, -0.25) is 0 Å². The number of benzene rings is 1. The minimum Gasteiger partial charge on any atom is -0.444 e. The van der Waals surface area contributed by atoms with Gasteiger partial charge in [-0.05, 0) is 58.2 Å². The zero-order valence-corrected chi connectivity index (χ0v) is 13.7. The fourth-order valence-electron chi connectivity index (χ4n) is 2.34. The standard InChI is InChI=1S/C17H25NO3/c1-11-7-12(2)15(13(3)8-11)9-14(10-19)18-16(20)21-17(4,5)6/h7-8,10,14H,9H2,1-6H3,(H,18,20). The molecule has 1 N–H and O–H groups in total. The van der Waals surface area contributed by atoms with Gasteiger partial charge in [0.25, 0.3) is 0 Å². The van der Waals surface area contributed by atoms with Crippen LogP contribution >= 0.6 is 0 Å². The predicted octanol–water partition coefficient (Wildman–Crippen LogP) is 3.25. The van der Waals surface area contributed by atoms with Gasteiger partial charge in [0.05, 0.1) is 6.04 Å². The molecule has 0 saturated carbocycles. The van der Waals surface area contributed by atoms with Crippen LogP contribution in [0.3, 0.4) is 0 Å².